The Balaban J connectivity index is 0.000000240. The Morgan fingerprint density at radius 3 is 1.92 bits per heavy atom. The van der Waals surface area contributed by atoms with Gasteiger partial charge in [-0.2, -0.15) is 0 Å². The lowest BCUT2D eigenvalue weighted by Crippen LogP contribution is -1.91. The number of rotatable bonds is 8. The van der Waals surface area contributed by atoms with E-state index >= 15 is 0 Å². The molecule has 24 heavy (non-hydrogen) atoms. The highest BCUT2D eigenvalue weighted by Crippen LogP contribution is 2.07. The van der Waals surface area contributed by atoms with Crippen molar-refractivity contribution in [2.45, 2.75) is 52.7 Å². The summed E-state index contributed by atoms with van der Waals surface area (Å²) in [6, 6.07) is 0. The molecule has 132 valence electrons. The molecule has 0 atom stereocenters. The number of nitrogens with one attached hydrogen (secondary N) is 2. The number of carbonyl (C=O) groups is 2. The number of aldehydes is 2. The van der Waals surface area contributed by atoms with Gasteiger partial charge >= 0.3 is 0 Å². The van der Waals surface area contributed by atoms with Gasteiger partial charge in [0.2, 0.25) is 0 Å². The highest BCUT2D eigenvalue weighted by atomic mass is 16.3. The topological polar surface area (TPSA) is 132 Å². The summed E-state index contributed by atoms with van der Waals surface area (Å²) in [4.78, 5) is 34.5. The predicted octanol–water partition coefficient (Wildman–Crippen LogP) is 1.33. The van der Waals surface area contributed by atoms with Crippen LogP contribution >= 0.6 is 0 Å². The zero-order chi connectivity index (χ0) is 17.9. The van der Waals surface area contributed by atoms with Crippen LogP contribution in [0.25, 0.3) is 0 Å². The summed E-state index contributed by atoms with van der Waals surface area (Å²) in [5.74, 6) is 1.53. The molecule has 0 unspecified atom stereocenters. The molecule has 0 spiro atoms. The second-order valence-corrected chi connectivity index (χ2v) is 5.14. The lowest BCUT2D eigenvalue weighted by atomic mass is 10.3. The van der Waals surface area contributed by atoms with Crippen LogP contribution in [-0.2, 0) is 26.1 Å². The molecular weight excluding hydrogens is 312 g/mol. The molecule has 8 nitrogen and oxygen atoms in total. The Labute approximate surface area is 140 Å². The zero-order valence-corrected chi connectivity index (χ0v) is 14.0. The lowest BCUT2D eigenvalue weighted by molar-refractivity contribution is 0.109. The molecule has 0 radical (unpaired) electrons. The Bertz CT molecular complexity index is 602. The van der Waals surface area contributed by atoms with Crippen molar-refractivity contribution >= 4 is 12.6 Å². The van der Waals surface area contributed by atoms with Crippen molar-refractivity contribution in [1.29, 1.82) is 0 Å². The van der Waals surface area contributed by atoms with E-state index in [0.29, 0.717) is 29.8 Å². The number of nitrogens with zero attached hydrogens (tertiary/aromatic N) is 2. The number of aromatic nitrogens is 4. The van der Waals surface area contributed by atoms with Gasteiger partial charge in [-0.3, -0.25) is 9.59 Å². The number of aromatic amines is 2. The molecule has 2 rings (SSSR count). The maximum atomic E-state index is 10.4. The molecule has 0 aromatic carbocycles. The van der Waals surface area contributed by atoms with Crippen LogP contribution in [0.3, 0.4) is 0 Å². The first-order valence-corrected chi connectivity index (χ1v) is 7.90. The quantitative estimate of drug-likeness (QED) is 0.538. The van der Waals surface area contributed by atoms with Crippen molar-refractivity contribution in [3.8, 4) is 0 Å². The maximum absolute atomic E-state index is 10.4. The molecule has 2 aromatic heterocycles. The first-order chi connectivity index (χ1) is 11.6. The molecule has 2 aromatic rings. The van der Waals surface area contributed by atoms with E-state index in [-0.39, 0.29) is 24.6 Å². The highest BCUT2D eigenvalue weighted by Gasteiger charge is 2.07. The largest absolute Gasteiger partial charge is 0.390 e. The lowest BCUT2D eigenvalue weighted by Gasteiger charge is -1.91. The van der Waals surface area contributed by atoms with E-state index in [1.165, 1.54) is 0 Å². The molecule has 0 bridgehead atoms. The van der Waals surface area contributed by atoms with E-state index in [1.54, 1.807) is 0 Å². The van der Waals surface area contributed by atoms with E-state index in [9.17, 15) is 9.59 Å². The average Bonchev–Trinajstić information content (AvgIpc) is 3.19. The fourth-order valence-corrected chi connectivity index (χ4v) is 2.11. The molecule has 0 aliphatic rings. The minimum absolute atomic E-state index is 0.0907. The molecule has 0 fully saturated rings. The molecule has 2 heterocycles. The summed E-state index contributed by atoms with van der Waals surface area (Å²) < 4.78 is 0. The smallest absolute Gasteiger partial charge is 0.170 e. The van der Waals surface area contributed by atoms with E-state index in [4.69, 9.17) is 10.2 Å². The molecule has 0 amide bonds. The van der Waals surface area contributed by atoms with Gasteiger partial charge in [0.15, 0.2) is 12.6 Å². The Kier molecular flexibility index (Phi) is 8.59. The number of carbonyl (C=O) groups excluding carboxylic acids is 2. The third kappa shape index (κ3) is 5.39. The van der Waals surface area contributed by atoms with Crippen molar-refractivity contribution < 1.29 is 19.8 Å². The number of hydrogen-bond donors (Lipinski definition) is 4. The van der Waals surface area contributed by atoms with Gasteiger partial charge in [0.25, 0.3) is 0 Å². The van der Waals surface area contributed by atoms with Gasteiger partial charge in [0.05, 0.1) is 24.6 Å². The van der Waals surface area contributed by atoms with Crippen LogP contribution in [0, 0.1) is 0 Å². The SMILES string of the molecule is CCCc1nc(C=O)c(C=O)[nH]1.CCCc1nc(CO)c(CO)[nH]1. The highest BCUT2D eigenvalue weighted by molar-refractivity contribution is 5.86. The van der Waals surface area contributed by atoms with Crippen LogP contribution in [0.1, 0.15) is 70.7 Å². The van der Waals surface area contributed by atoms with Gasteiger partial charge in [-0.05, 0) is 12.8 Å². The van der Waals surface area contributed by atoms with Crippen molar-refractivity contribution in [2.24, 2.45) is 0 Å². The minimum Gasteiger partial charge on any atom is -0.390 e. The van der Waals surface area contributed by atoms with E-state index in [0.717, 1.165) is 31.5 Å². The third-order valence-corrected chi connectivity index (χ3v) is 3.23. The van der Waals surface area contributed by atoms with Crippen LogP contribution in [-0.4, -0.2) is 42.7 Å². The first-order valence-electron chi connectivity index (χ1n) is 7.90. The van der Waals surface area contributed by atoms with Gasteiger partial charge in [0.1, 0.15) is 23.0 Å². The summed E-state index contributed by atoms with van der Waals surface area (Å²) in [6.45, 7) is 3.85. The molecule has 4 N–H and O–H groups in total. The molecular formula is C16H24N4O4. The van der Waals surface area contributed by atoms with Crippen LogP contribution in [0.15, 0.2) is 0 Å². The number of hydrogen-bond acceptors (Lipinski definition) is 6. The van der Waals surface area contributed by atoms with Gasteiger partial charge in [-0.15, -0.1) is 0 Å². The van der Waals surface area contributed by atoms with Crippen molar-refractivity contribution in [1.82, 2.24) is 19.9 Å². The van der Waals surface area contributed by atoms with Crippen LogP contribution in [0.4, 0.5) is 0 Å². The molecule has 0 saturated carbocycles. The third-order valence-electron chi connectivity index (χ3n) is 3.23. The first kappa shape index (κ1) is 19.7. The van der Waals surface area contributed by atoms with Crippen molar-refractivity contribution in [2.75, 3.05) is 0 Å². The van der Waals surface area contributed by atoms with E-state index in [1.807, 2.05) is 6.92 Å². The summed E-state index contributed by atoms with van der Waals surface area (Å²) in [5.41, 5.74) is 1.66. The molecule has 0 aliphatic heterocycles. The zero-order valence-electron chi connectivity index (χ0n) is 14.0. The summed E-state index contributed by atoms with van der Waals surface area (Å²) in [7, 11) is 0. The second kappa shape index (κ2) is 10.5. The molecule has 0 saturated heterocycles. The van der Waals surface area contributed by atoms with Crippen LogP contribution < -0.4 is 0 Å². The van der Waals surface area contributed by atoms with Gasteiger partial charge in [0, 0.05) is 12.8 Å². The maximum Gasteiger partial charge on any atom is 0.170 e. The fraction of sp³-hybridized carbons (Fsp3) is 0.500. The molecule has 0 aliphatic carbocycles. The van der Waals surface area contributed by atoms with E-state index < -0.39 is 0 Å². The number of imidazole rings is 2. The Morgan fingerprint density at radius 1 is 0.917 bits per heavy atom. The Morgan fingerprint density at radius 2 is 1.54 bits per heavy atom. The summed E-state index contributed by atoms with van der Waals surface area (Å²) >= 11 is 0. The second-order valence-electron chi connectivity index (χ2n) is 5.14. The Hall–Kier alpha value is -2.32. The van der Waals surface area contributed by atoms with E-state index in [2.05, 4.69) is 26.9 Å². The molecule has 8 heteroatoms. The normalized spacial score (nSPS) is 10.2. The summed E-state index contributed by atoms with van der Waals surface area (Å²) in [6.07, 6.45) is 4.74. The number of aliphatic hydroxyl groups excluding tert-OH is 2. The fourth-order valence-electron chi connectivity index (χ4n) is 2.11. The summed E-state index contributed by atoms with van der Waals surface area (Å²) in [5, 5.41) is 17.7. The van der Waals surface area contributed by atoms with Crippen LogP contribution in [0.5, 0.6) is 0 Å². The average molecular weight is 336 g/mol. The van der Waals surface area contributed by atoms with Crippen molar-refractivity contribution in [3.05, 3.63) is 34.4 Å². The number of H-pyrrole nitrogens is 2. The minimum atomic E-state index is -0.115. The predicted molar refractivity (Wildman–Crippen MR) is 87.8 cm³/mol. The number of aliphatic hydroxyl groups is 2. The standard InChI is InChI=1S/C8H14N2O2.C8H10N2O2/c2*1-2-3-8-9-6(4-11)7(5-12)10-8/h11-12H,2-5H2,1H3,(H,9,10);4-5H,2-3H2,1H3,(H,9,10). The van der Waals surface area contributed by atoms with Crippen LogP contribution in [0.2, 0.25) is 0 Å². The van der Waals surface area contributed by atoms with Gasteiger partial charge in [-0.25, -0.2) is 9.97 Å². The van der Waals surface area contributed by atoms with Crippen molar-refractivity contribution in [3.63, 3.8) is 0 Å². The van der Waals surface area contributed by atoms with Gasteiger partial charge < -0.3 is 20.2 Å². The number of aryl methyl sites for hydroxylation is 2. The van der Waals surface area contributed by atoms with Gasteiger partial charge in [-0.1, -0.05) is 13.8 Å². The monoisotopic (exact) mass is 336 g/mol.